The zero-order valence-electron chi connectivity index (χ0n) is 15.6. The van der Waals surface area contributed by atoms with E-state index in [2.05, 4.69) is 16.0 Å². The Hall–Kier alpha value is -4.11. The maximum absolute atomic E-state index is 13.0. The largest absolute Gasteiger partial charge is 0.438 e. The van der Waals surface area contributed by atoms with Gasteiger partial charge in [0, 0.05) is 22.7 Å². The number of nitriles is 1. The van der Waals surface area contributed by atoms with Crippen LogP contribution in [0.25, 0.3) is 21.8 Å². The van der Waals surface area contributed by atoms with Crippen LogP contribution in [0.4, 0.5) is 0 Å². The molecule has 2 aromatic carbocycles. The van der Waals surface area contributed by atoms with Crippen molar-refractivity contribution in [2.75, 3.05) is 0 Å². The van der Waals surface area contributed by atoms with Crippen LogP contribution in [0, 0.1) is 18.3 Å². The van der Waals surface area contributed by atoms with Gasteiger partial charge >= 0.3 is 0 Å². The molecule has 3 N–H and O–H groups in total. The molecule has 3 heterocycles. The van der Waals surface area contributed by atoms with Crippen molar-refractivity contribution in [2.24, 2.45) is 5.73 Å². The molecule has 5 rings (SSSR count). The van der Waals surface area contributed by atoms with E-state index in [1.54, 1.807) is 6.20 Å². The number of ether oxygens (including phenoxy) is 1. The third-order valence-electron chi connectivity index (χ3n) is 5.38. The van der Waals surface area contributed by atoms with Crippen molar-refractivity contribution in [3.8, 4) is 11.8 Å². The Morgan fingerprint density at radius 1 is 1.14 bits per heavy atom. The van der Waals surface area contributed by atoms with Crippen LogP contribution in [0.1, 0.15) is 22.6 Å². The molecule has 0 aliphatic carbocycles. The first-order valence-electron chi connectivity index (χ1n) is 9.16. The molecule has 1 aliphatic rings. The topological polar surface area (TPSA) is 105 Å². The summed E-state index contributed by atoms with van der Waals surface area (Å²) in [5, 5.41) is 11.6. The van der Waals surface area contributed by atoms with E-state index in [1.165, 1.54) is 0 Å². The Morgan fingerprint density at radius 2 is 1.97 bits per heavy atom. The number of aromatic amines is 1. The van der Waals surface area contributed by atoms with E-state index in [-0.39, 0.29) is 17.0 Å². The Bertz CT molecular complexity index is 1440. The Kier molecular flexibility index (Phi) is 3.65. The maximum Gasteiger partial charge on any atom is 0.252 e. The molecule has 1 unspecified atom stereocenters. The van der Waals surface area contributed by atoms with Crippen LogP contribution in [0.15, 0.2) is 71.0 Å². The van der Waals surface area contributed by atoms with Crippen LogP contribution in [-0.2, 0) is 0 Å². The first kappa shape index (κ1) is 17.0. The van der Waals surface area contributed by atoms with Crippen molar-refractivity contribution in [2.45, 2.75) is 12.8 Å². The second-order valence-corrected chi connectivity index (χ2v) is 7.08. The molecule has 0 amide bonds. The molecular formula is C23H16N4O2. The van der Waals surface area contributed by atoms with E-state index in [1.807, 2.05) is 55.5 Å². The quantitative estimate of drug-likeness (QED) is 0.525. The van der Waals surface area contributed by atoms with Gasteiger partial charge in [-0.1, -0.05) is 36.4 Å². The maximum atomic E-state index is 13.0. The van der Waals surface area contributed by atoms with Crippen LogP contribution in [0.5, 0.6) is 5.75 Å². The highest BCUT2D eigenvalue weighted by Crippen LogP contribution is 2.44. The highest BCUT2D eigenvalue weighted by Gasteiger charge is 2.33. The number of rotatable bonds is 1. The van der Waals surface area contributed by atoms with Gasteiger partial charge in [0.05, 0.1) is 11.4 Å². The Balaban J connectivity index is 1.84. The molecule has 0 saturated heterocycles. The number of para-hydroxylation sites is 1. The van der Waals surface area contributed by atoms with E-state index >= 15 is 0 Å². The number of hydrogen-bond acceptors (Lipinski definition) is 5. The minimum atomic E-state index is -0.635. The molecule has 0 bridgehead atoms. The van der Waals surface area contributed by atoms with Crippen LogP contribution in [-0.4, -0.2) is 9.97 Å². The average molecular weight is 380 g/mol. The third kappa shape index (κ3) is 2.48. The molecule has 2 aromatic heterocycles. The van der Waals surface area contributed by atoms with Gasteiger partial charge < -0.3 is 15.5 Å². The number of nitrogens with two attached hydrogens (primary N) is 1. The minimum Gasteiger partial charge on any atom is -0.438 e. The monoisotopic (exact) mass is 380 g/mol. The summed E-state index contributed by atoms with van der Waals surface area (Å²) in [6.45, 7) is 1.94. The lowest BCUT2D eigenvalue weighted by Gasteiger charge is -2.26. The van der Waals surface area contributed by atoms with E-state index in [0.29, 0.717) is 22.4 Å². The van der Waals surface area contributed by atoms with Gasteiger partial charge in [0.2, 0.25) is 5.88 Å². The smallest absolute Gasteiger partial charge is 0.252 e. The molecule has 6 nitrogen and oxygen atoms in total. The number of fused-ring (bicyclic) bond motifs is 4. The lowest BCUT2D eigenvalue weighted by Crippen LogP contribution is -2.25. The molecule has 0 radical (unpaired) electrons. The van der Waals surface area contributed by atoms with Gasteiger partial charge in [-0.3, -0.25) is 9.78 Å². The van der Waals surface area contributed by atoms with Crippen molar-refractivity contribution < 1.29 is 4.74 Å². The predicted molar refractivity (Wildman–Crippen MR) is 110 cm³/mol. The summed E-state index contributed by atoms with van der Waals surface area (Å²) in [6, 6.07) is 17.3. The molecule has 29 heavy (non-hydrogen) atoms. The molecule has 4 aromatic rings. The van der Waals surface area contributed by atoms with E-state index in [0.717, 1.165) is 21.9 Å². The van der Waals surface area contributed by atoms with Gasteiger partial charge in [-0.25, -0.2) is 0 Å². The van der Waals surface area contributed by atoms with Crippen LogP contribution in [0.3, 0.4) is 0 Å². The fraction of sp³-hybridized carbons (Fsp3) is 0.0870. The summed E-state index contributed by atoms with van der Waals surface area (Å²) in [5.74, 6) is -0.163. The summed E-state index contributed by atoms with van der Waals surface area (Å²) >= 11 is 0. The van der Waals surface area contributed by atoms with E-state index in [9.17, 15) is 10.1 Å². The van der Waals surface area contributed by atoms with Gasteiger partial charge in [-0.05, 0) is 30.0 Å². The van der Waals surface area contributed by atoms with Crippen molar-refractivity contribution >= 4 is 21.8 Å². The van der Waals surface area contributed by atoms with Crippen molar-refractivity contribution in [3.05, 3.63) is 93.2 Å². The molecular weight excluding hydrogens is 364 g/mol. The predicted octanol–water partition coefficient (Wildman–Crippen LogP) is 3.60. The number of pyridine rings is 2. The second-order valence-electron chi connectivity index (χ2n) is 7.08. The summed E-state index contributed by atoms with van der Waals surface area (Å²) in [4.78, 5) is 20.4. The lowest BCUT2D eigenvalue weighted by atomic mass is 9.83. The van der Waals surface area contributed by atoms with Crippen molar-refractivity contribution in [1.82, 2.24) is 9.97 Å². The zero-order chi connectivity index (χ0) is 20.1. The number of aromatic nitrogens is 2. The number of nitrogens with one attached hydrogen (secondary N) is 1. The molecule has 1 aliphatic heterocycles. The fourth-order valence-corrected chi connectivity index (χ4v) is 3.99. The van der Waals surface area contributed by atoms with Gasteiger partial charge in [-0.2, -0.15) is 5.26 Å². The average Bonchev–Trinajstić information content (AvgIpc) is 2.73. The number of allylic oxidation sites excluding steroid dienone is 1. The molecule has 0 fully saturated rings. The van der Waals surface area contributed by atoms with Crippen molar-refractivity contribution in [1.29, 1.82) is 5.26 Å². The van der Waals surface area contributed by atoms with Gasteiger partial charge in [0.25, 0.3) is 5.56 Å². The second kappa shape index (κ2) is 6.21. The minimum absolute atomic E-state index is 0.00751. The SMILES string of the molecule is Cc1cccc2cc(C3C(C#N)=C(N)Oc4c3ccc3cccnc43)c(=O)[nH]c12. The molecule has 6 heteroatoms. The van der Waals surface area contributed by atoms with Crippen molar-refractivity contribution in [3.63, 3.8) is 0 Å². The Morgan fingerprint density at radius 3 is 2.79 bits per heavy atom. The third-order valence-corrected chi connectivity index (χ3v) is 5.38. The number of nitrogens with zero attached hydrogens (tertiary/aromatic N) is 2. The first-order valence-corrected chi connectivity index (χ1v) is 9.16. The van der Waals surface area contributed by atoms with Gasteiger partial charge in [-0.15, -0.1) is 0 Å². The van der Waals surface area contributed by atoms with E-state index in [4.69, 9.17) is 10.5 Å². The summed E-state index contributed by atoms with van der Waals surface area (Å²) < 4.78 is 5.81. The first-order chi connectivity index (χ1) is 14.1. The number of benzene rings is 2. The summed E-state index contributed by atoms with van der Waals surface area (Å²) in [7, 11) is 0. The van der Waals surface area contributed by atoms with Gasteiger partial charge in [0.15, 0.2) is 5.75 Å². The van der Waals surface area contributed by atoms with E-state index < -0.39 is 5.92 Å². The molecule has 0 spiro atoms. The zero-order valence-corrected chi connectivity index (χ0v) is 15.6. The number of hydrogen-bond donors (Lipinski definition) is 2. The van der Waals surface area contributed by atoms with Crippen LogP contribution >= 0.6 is 0 Å². The molecule has 140 valence electrons. The highest BCUT2D eigenvalue weighted by molar-refractivity contribution is 5.88. The van der Waals surface area contributed by atoms with Crippen LogP contribution in [0.2, 0.25) is 0 Å². The number of aryl methyl sites for hydroxylation is 1. The summed E-state index contributed by atoms with van der Waals surface area (Å²) in [6.07, 6.45) is 1.67. The molecule has 1 atom stereocenters. The molecule has 0 saturated carbocycles. The Labute approximate surface area is 165 Å². The normalized spacial score (nSPS) is 15.8. The standard InChI is InChI=1S/C23H16N4O2/c1-12-4-2-5-14-10-16(23(28)27-19(12)14)18-15-8-7-13-6-3-9-26-20(13)21(15)29-22(25)17(18)11-24/h2-10,18H,25H2,1H3,(H,27,28). The van der Waals surface area contributed by atoms with Gasteiger partial charge in [0.1, 0.15) is 17.2 Å². The lowest BCUT2D eigenvalue weighted by molar-refractivity contribution is 0.397. The number of H-pyrrole nitrogens is 1. The summed E-state index contributed by atoms with van der Waals surface area (Å²) in [5.41, 5.74) is 9.60. The highest BCUT2D eigenvalue weighted by atomic mass is 16.5. The van der Waals surface area contributed by atoms with Crippen LogP contribution < -0.4 is 16.0 Å². The fourth-order valence-electron chi connectivity index (χ4n) is 3.99.